The van der Waals surface area contributed by atoms with Gasteiger partial charge in [-0.2, -0.15) is 0 Å². The van der Waals surface area contributed by atoms with Crippen LogP contribution in [-0.4, -0.2) is 44.1 Å². The van der Waals surface area contributed by atoms with E-state index in [1.54, 1.807) is 12.3 Å². The predicted molar refractivity (Wildman–Crippen MR) is 103 cm³/mol. The van der Waals surface area contributed by atoms with Crippen LogP contribution in [0, 0.1) is 6.92 Å². The molecule has 3 aromatic rings. The quantitative estimate of drug-likeness (QED) is 0.542. The zero-order valence-electron chi connectivity index (χ0n) is 15.1. The van der Waals surface area contributed by atoms with E-state index < -0.39 is 0 Å². The molecule has 1 aromatic carbocycles. The number of pyridine rings is 1. The normalized spacial score (nSPS) is 11.0. The van der Waals surface area contributed by atoms with Crippen LogP contribution in [0.4, 0.5) is 0 Å². The van der Waals surface area contributed by atoms with Crippen LogP contribution in [0.2, 0.25) is 0 Å². The largest absolute Gasteiger partial charge is 0.463 e. The highest BCUT2D eigenvalue weighted by atomic mass is 16.3. The molecule has 0 bridgehead atoms. The van der Waals surface area contributed by atoms with E-state index in [9.17, 15) is 4.79 Å². The van der Waals surface area contributed by atoms with Gasteiger partial charge in [0, 0.05) is 31.6 Å². The highest BCUT2D eigenvalue weighted by molar-refractivity contribution is 6.07. The minimum absolute atomic E-state index is 0.105. The van der Waals surface area contributed by atoms with Crippen molar-refractivity contribution in [1.82, 2.24) is 20.9 Å². The van der Waals surface area contributed by atoms with Crippen LogP contribution in [0.1, 0.15) is 15.9 Å². The van der Waals surface area contributed by atoms with Crippen LogP contribution in [0.25, 0.3) is 22.4 Å². The number of carbonyl (C=O) groups excluding carboxylic acids is 1. The number of aryl methyl sites for hydroxylation is 1. The highest BCUT2D eigenvalue weighted by Crippen LogP contribution is 2.26. The zero-order chi connectivity index (χ0) is 18.4. The van der Waals surface area contributed by atoms with Crippen molar-refractivity contribution in [1.29, 1.82) is 0 Å². The van der Waals surface area contributed by atoms with Crippen LogP contribution in [0.15, 0.2) is 47.1 Å². The Bertz CT molecular complexity index is 875. The third-order valence-corrected chi connectivity index (χ3v) is 4.12. The summed E-state index contributed by atoms with van der Waals surface area (Å²) in [4.78, 5) is 17.4. The first-order valence-electron chi connectivity index (χ1n) is 8.78. The molecule has 2 aromatic heterocycles. The maximum absolute atomic E-state index is 12.8. The second kappa shape index (κ2) is 8.60. The molecule has 3 N–H and O–H groups in total. The van der Waals surface area contributed by atoms with E-state index in [0.29, 0.717) is 23.6 Å². The van der Waals surface area contributed by atoms with Crippen molar-refractivity contribution in [3.05, 3.63) is 53.8 Å². The molecule has 0 fully saturated rings. The third-order valence-electron chi connectivity index (χ3n) is 4.12. The molecule has 0 atom stereocenters. The van der Waals surface area contributed by atoms with Crippen molar-refractivity contribution in [2.75, 3.05) is 33.2 Å². The second-order valence-electron chi connectivity index (χ2n) is 6.16. The van der Waals surface area contributed by atoms with E-state index >= 15 is 0 Å². The fourth-order valence-corrected chi connectivity index (χ4v) is 2.78. The first-order valence-corrected chi connectivity index (χ1v) is 8.78. The Morgan fingerprint density at radius 2 is 1.96 bits per heavy atom. The smallest absolute Gasteiger partial charge is 0.252 e. The van der Waals surface area contributed by atoms with Gasteiger partial charge in [-0.15, -0.1) is 0 Å². The van der Waals surface area contributed by atoms with Crippen molar-refractivity contribution in [3.8, 4) is 11.5 Å². The number of hydrogen-bond acceptors (Lipinski definition) is 5. The number of likely N-dealkylation sites (N-methyl/N-ethyl adjacent to an activating group) is 1. The Kier molecular flexibility index (Phi) is 5.99. The van der Waals surface area contributed by atoms with Crippen molar-refractivity contribution in [2.45, 2.75) is 6.92 Å². The van der Waals surface area contributed by atoms with Crippen LogP contribution in [0.3, 0.4) is 0 Å². The number of nitrogens with zero attached hydrogens (tertiary/aromatic N) is 1. The lowest BCUT2D eigenvalue weighted by molar-refractivity contribution is 0.0955. The SMILES string of the molecule is CNCCNCCNC(=O)c1cc(-c2ccco2)nc2ccc(C)cc12. The Balaban J connectivity index is 1.83. The summed E-state index contributed by atoms with van der Waals surface area (Å²) >= 11 is 0. The molecule has 6 nitrogen and oxygen atoms in total. The first kappa shape index (κ1) is 18.1. The molecule has 6 heteroatoms. The van der Waals surface area contributed by atoms with Crippen molar-refractivity contribution >= 4 is 16.8 Å². The van der Waals surface area contributed by atoms with Gasteiger partial charge in [0.15, 0.2) is 5.76 Å². The third kappa shape index (κ3) is 4.28. The summed E-state index contributed by atoms with van der Waals surface area (Å²) < 4.78 is 5.45. The molecular weight excluding hydrogens is 328 g/mol. The van der Waals surface area contributed by atoms with E-state index in [1.165, 1.54) is 0 Å². The van der Waals surface area contributed by atoms with Gasteiger partial charge in [0.05, 0.1) is 17.3 Å². The number of nitrogens with one attached hydrogen (secondary N) is 3. The molecule has 0 spiro atoms. The highest BCUT2D eigenvalue weighted by Gasteiger charge is 2.15. The molecule has 1 amide bonds. The van der Waals surface area contributed by atoms with Crippen LogP contribution >= 0.6 is 0 Å². The van der Waals surface area contributed by atoms with Crippen LogP contribution in [0.5, 0.6) is 0 Å². The summed E-state index contributed by atoms with van der Waals surface area (Å²) in [5.74, 6) is 0.543. The van der Waals surface area contributed by atoms with Crippen LogP contribution < -0.4 is 16.0 Å². The lowest BCUT2D eigenvalue weighted by atomic mass is 10.0. The van der Waals surface area contributed by atoms with Gasteiger partial charge in [-0.05, 0) is 44.3 Å². The van der Waals surface area contributed by atoms with E-state index in [-0.39, 0.29) is 5.91 Å². The average molecular weight is 352 g/mol. The number of fused-ring (bicyclic) bond motifs is 1. The number of amides is 1. The van der Waals surface area contributed by atoms with E-state index in [2.05, 4.69) is 20.9 Å². The number of hydrogen-bond donors (Lipinski definition) is 3. The lowest BCUT2D eigenvalue weighted by Gasteiger charge is -2.11. The Morgan fingerprint density at radius 3 is 2.73 bits per heavy atom. The molecular formula is C20H24N4O2. The molecule has 2 heterocycles. The lowest BCUT2D eigenvalue weighted by Crippen LogP contribution is -2.34. The fraction of sp³-hybridized carbons (Fsp3) is 0.300. The van der Waals surface area contributed by atoms with Gasteiger partial charge in [-0.25, -0.2) is 4.98 Å². The summed E-state index contributed by atoms with van der Waals surface area (Å²) in [5, 5.41) is 10.2. The van der Waals surface area contributed by atoms with Gasteiger partial charge < -0.3 is 20.4 Å². The minimum Gasteiger partial charge on any atom is -0.463 e. The molecule has 0 aliphatic rings. The summed E-state index contributed by atoms with van der Waals surface area (Å²) in [6, 6.07) is 11.4. The Hall–Kier alpha value is -2.70. The molecule has 136 valence electrons. The molecule has 0 radical (unpaired) electrons. The van der Waals surface area contributed by atoms with Gasteiger partial charge in [0.2, 0.25) is 0 Å². The van der Waals surface area contributed by atoms with Crippen LogP contribution in [-0.2, 0) is 0 Å². The molecule has 0 unspecified atom stereocenters. The monoisotopic (exact) mass is 352 g/mol. The predicted octanol–water partition coefficient (Wildman–Crippen LogP) is 2.34. The van der Waals surface area contributed by atoms with Gasteiger partial charge in [-0.3, -0.25) is 4.79 Å². The van der Waals surface area contributed by atoms with Crippen molar-refractivity contribution < 1.29 is 9.21 Å². The number of carbonyl (C=O) groups is 1. The Labute approximate surface area is 153 Å². The molecule has 0 saturated carbocycles. The number of aromatic nitrogens is 1. The Morgan fingerprint density at radius 1 is 1.12 bits per heavy atom. The van der Waals surface area contributed by atoms with Gasteiger partial charge in [0.25, 0.3) is 5.91 Å². The van der Waals surface area contributed by atoms with E-state index in [1.807, 2.05) is 44.3 Å². The van der Waals surface area contributed by atoms with Crippen molar-refractivity contribution in [3.63, 3.8) is 0 Å². The first-order chi connectivity index (χ1) is 12.7. The fourth-order valence-electron chi connectivity index (χ4n) is 2.78. The molecule has 0 saturated heterocycles. The zero-order valence-corrected chi connectivity index (χ0v) is 15.1. The van der Waals surface area contributed by atoms with Gasteiger partial charge in [-0.1, -0.05) is 11.6 Å². The van der Waals surface area contributed by atoms with E-state index in [0.717, 1.165) is 36.1 Å². The van der Waals surface area contributed by atoms with Crippen molar-refractivity contribution in [2.24, 2.45) is 0 Å². The molecule has 3 rings (SSSR count). The summed E-state index contributed by atoms with van der Waals surface area (Å²) in [6.45, 7) is 5.06. The summed E-state index contributed by atoms with van der Waals surface area (Å²) in [5.41, 5.74) is 3.14. The van der Waals surface area contributed by atoms with E-state index in [4.69, 9.17) is 4.42 Å². The molecule has 26 heavy (non-hydrogen) atoms. The topological polar surface area (TPSA) is 79.2 Å². The second-order valence-corrected chi connectivity index (χ2v) is 6.16. The maximum Gasteiger partial charge on any atom is 0.252 e. The molecule has 0 aliphatic heterocycles. The maximum atomic E-state index is 12.8. The molecule has 0 aliphatic carbocycles. The number of benzene rings is 1. The standard InChI is InChI=1S/C20H24N4O2/c1-14-5-6-17-15(12-14)16(13-18(24-17)19-4-3-11-26-19)20(25)23-10-9-22-8-7-21-2/h3-6,11-13,21-22H,7-10H2,1-2H3,(H,23,25). The average Bonchev–Trinajstić information content (AvgIpc) is 3.18. The van der Waals surface area contributed by atoms with Gasteiger partial charge in [0.1, 0.15) is 5.69 Å². The number of rotatable bonds is 8. The number of furan rings is 1. The van der Waals surface area contributed by atoms with Gasteiger partial charge >= 0.3 is 0 Å². The summed E-state index contributed by atoms with van der Waals surface area (Å²) in [6.07, 6.45) is 1.60. The summed E-state index contributed by atoms with van der Waals surface area (Å²) in [7, 11) is 1.91. The minimum atomic E-state index is -0.105.